The van der Waals surface area contributed by atoms with E-state index in [9.17, 15) is 0 Å². The van der Waals surface area contributed by atoms with E-state index in [1.165, 1.54) is 19.4 Å². The monoisotopic (exact) mass is 242 g/mol. The van der Waals surface area contributed by atoms with Crippen LogP contribution in [0, 0.1) is 0 Å². The van der Waals surface area contributed by atoms with Gasteiger partial charge in [-0.15, -0.1) is 0 Å². The third-order valence-corrected chi connectivity index (χ3v) is 3.73. The van der Waals surface area contributed by atoms with Crippen molar-refractivity contribution in [3.8, 4) is 0 Å². The first-order valence-corrected chi connectivity index (χ1v) is 6.96. The molecule has 2 aliphatic rings. The molecule has 2 aliphatic heterocycles. The van der Waals surface area contributed by atoms with Crippen LogP contribution < -0.4 is 5.32 Å². The summed E-state index contributed by atoms with van der Waals surface area (Å²) >= 11 is 0. The number of nitrogens with zero attached hydrogens (tertiary/aromatic N) is 1. The lowest BCUT2D eigenvalue weighted by Crippen LogP contribution is -2.50. The minimum absolute atomic E-state index is 0.355. The first kappa shape index (κ1) is 13.3. The molecule has 2 rings (SSSR count). The minimum Gasteiger partial charge on any atom is -0.380 e. The number of fused-ring (bicyclic) bond motifs is 1. The summed E-state index contributed by atoms with van der Waals surface area (Å²) in [5.41, 5.74) is 0. The maximum atomic E-state index is 5.90. The van der Waals surface area contributed by atoms with Crippen LogP contribution in [0.4, 0.5) is 0 Å². The van der Waals surface area contributed by atoms with Gasteiger partial charge < -0.3 is 14.8 Å². The molecule has 2 fully saturated rings. The average molecular weight is 242 g/mol. The summed E-state index contributed by atoms with van der Waals surface area (Å²) in [7, 11) is 0. The predicted octanol–water partition coefficient (Wildman–Crippen LogP) is 0.864. The van der Waals surface area contributed by atoms with Gasteiger partial charge in [-0.3, -0.25) is 4.90 Å². The van der Waals surface area contributed by atoms with Crippen LogP contribution in [0.5, 0.6) is 0 Å². The zero-order valence-corrected chi connectivity index (χ0v) is 11.2. The fourth-order valence-electron chi connectivity index (χ4n) is 2.70. The number of rotatable bonds is 6. The van der Waals surface area contributed by atoms with E-state index in [1.54, 1.807) is 0 Å². The Labute approximate surface area is 105 Å². The number of hydrogen-bond donors (Lipinski definition) is 1. The molecule has 0 bridgehead atoms. The molecule has 100 valence electrons. The minimum atomic E-state index is 0.355. The lowest BCUT2D eigenvalue weighted by molar-refractivity contribution is -0.0485. The van der Waals surface area contributed by atoms with Gasteiger partial charge >= 0.3 is 0 Å². The summed E-state index contributed by atoms with van der Waals surface area (Å²) in [5, 5.41) is 3.49. The normalized spacial score (nSPS) is 31.4. The molecule has 0 aromatic rings. The smallest absolute Gasteiger partial charge is 0.0827 e. The maximum Gasteiger partial charge on any atom is 0.0827 e. The molecule has 0 saturated carbocycles. The van der Waals surface area contributed by atoms with Crippen LogP contribution in [-0.2, 0) is 9.47 Å². The topological polar surface area (TPSA) is 33.7 Å². The third-order valence-electron chi connectivity index (χ3n) is 3.73. The molecule has 2 saturated heterocycles. The fourth-order valence-corrected chi connectivity index (χ4v) is 2.70. The van der Waals surface area contributed by atoms with E-state index in [4.69, 9.17) is 9.47 Å². The highest BCUT2D eigenvalue weighted by Crippen LogP contribution is 2.22. The van der Waals surface area contributed by atoms with Gasteiger partial charge in [0.15, 0.2) is 0 Å². The van der Waals surface area contributed by atoms with Crippen LogP contribution in [-0.4, -0.2) is 62.5 Å². The molecule has 4 nitrogen and oxygen atoms in total. The second-order valence-corrected chi connectivity index (χ2v) is 5.22. The molecule has 2 heterocycles. The Bertz CT molecular complexity index is 225. The number of hydrogen-bond acceptors (Lipinski definition) is 4. The van der Waals surface area contributed by atoms with Crippen molar-refractivity contribution in [1.29, 1.82) is 0 Å². The Morgan fingerprint density at radius 3 is 3.24 bits per heavy atom. The lowest BCUT2D eigenvalue weighted by atomic mass is 10.2. The Hall–Kier alpha value is -0.160. The van der Waals surface area contributed by atoms with E-state index >= 15 is 0 Å². The van der Waals surface area contributed by atoms with Gasteiger partial charge in [0.05, 0.1) is 19.3 Å². The summed E-state index contributed by atoms with van der Waals surface area (Å²) in [6, 6.07) is 1.11. The van der Waals surface area contributed by atoms with Crippen LogP contribution >= 0.6 is 0 Å². The Balaban J connectivity index is 1.63. The third kappa shape index (κ3) is 3.91. The van der Waals surface area contributed by atoms with Gasteiger partial charge in [0.25, 0.3) is 0 Å². The van der Waals surface area contributed by atoms with Crippen LogP contribution in [0.25, 0.3) is 0 Å². The van der Waals surface area contributed by atoms with Crippen LogP contribution in [0.15, 0.2) is 0 Å². The van der Waals surface area contributed by atoms with E-state index in [1.807, 2.05) is 6.92 Å². The van der Waals surface area contributed by atoms with Crippen LogP contribution in [0.2, 0.25) is 0 Å². The van der Waals surface area contributed by atoms with Gasteiger partial charge in [-0.1, -0.05) is 0 Å². The first-order chi connectivity index (χ1) is 8.29. The van der Waals surface area contributed by atoms with Gasteiger partial charge in [-0.05, 0) is 33.2 Å². The Morgan fingerprint density at radius 2 is 2.41 bits per heavy atom. The van der Waals surface area contributed by atoms with Crippen LogP contribution in [0.3, 0.4) is 0 Å². The second-order valence-electron chi connectivity index (χ2n) is 5.22. The zero-order chi connectivity index (χ0) is 12.1. The van der Waals surface area contributed by atoms with Crippen LogP contribution in [0.1, 0.15) is 26.7 Å². The summed E-state index contributed by atoms with van der Waals surface area (Å²) in [6.45, 7) is 10.0. The van der Waals surface area contributed by atoms with E-state index in [2.05, 4.69) is 17.1 Å². The van der Waals surface area contributed by atoms with Gasteiger partial charge in [0.2, 0.25) is 0 Å². The van der Waals surface area contributed by atoms with E-state index < -0.39 is 0 Å². The molecule has 3 atom stereocenters. The highest BCUT2D eigenvalue weighted by atomic mass is 16.5. The Morgan fingerprint density at radius 1 is 1.53 bits per heavy atom. The SMILES string of the molecule is CCOCC(C)NCC1CN2CCCC2CO1. The summed E-state index contributed by atoms with van der Waals surface area (Å²) < 4.78 is 11.3. The molecule has 0 aromatic heterocycles. The fraction of sp³-hybridized carbons (Fsp3) is 1.00. The predicted molar refractivity (Wildman–Crippen MR) is 68.3 cm³/mol. The Kier molecular flexibility index (Phi) is 5.22. The molecule has 1 N–H and O–H groups in total. The lowest BCUT2D eigenvalue weighted by Gasteiger charge is -2.35. The van der Waals surface area contributed by atoms with Gasteiger partial charge in [0, 0.05) is 31.8 Å². The molecule has 0 radical (unpaired) electrons. The molecule has 0 aromatic carbocycles. The van der Waals surface area contributed by atoms with Crippen molar-refractivity contribution in [3.63, 3.8) is 0 Å². The summed E-state index contributed by atoms with van der Waals surface area (Å²) in [6.07, 6.45) is 3.02. The highest BCUT2D eigenvalue weighted by molar-refractivity contribution is 4.86. The summed E-state index contributed by atoms with van der Waals surface area (Å²) in [4.78, 5) is 2.59. The largest absolute Gasteiger partial charge is 0.380 e. The highest BCUT2D eigenvalue weighted by Gasteiger charge is 2.31. The molecule has 0 spiro atoms. The van der Waals surface area contributed by atoms with Crippen molar-refractivity contribution < 1.29 is 9.47 Å². The van der Waals surface area contributed by atoms with Crippen molar-refractivity contribution >= 4 is 0 Å². The number of ether oxygens (including phenoxy) is 2. The van der Waals surface area contributed by atoms with Gasteiger partial charge in [-0.25, -0.2) is 0 Å². The first-order valence-electron chi connectivity index (χ1n) is 6.96. The number of nitrogens with one attached hydrogen (secondary N) is 1. The molecule has 0 amide bonds. The van der Waals surface area contributed by atoms with Crippen molar-refractivity contribution in [2.45, 2.75) is 44.9 Å². The van der Waals surface area contributed by atoms with Crippen molar-refractivity contribution in [1.82, 2.24) is 10.2 Å². The molecular weight excluding hydrogens is 216 g/mol. The van der Waals surface area contributed by atoms with Gasteiger partial charge in [-0.2, -0.15) is 0 Å². The maximum absolute atomic E-state index is 5.90. The van der Waals surface area contributed by atoms with Gasteiger partial charge in [0.1, 0.15) is 0 Å². The molecular formula is C13H26N2O2. The van der Waals surface area contributed by atoms with E-state index in [-0.39, 0.29) is 0 Å². The van der Waals surface area contributed by atoms with Crippen molar-refractivity contribution in [3.05, 3.63) is 0 Å². The van der Waals surface area contributed by atoms with E-state index in [0.717, 1.165) is 32.9 Å². The number of morpholine rings is 1. The molecule has 0 aliphatic carbocycles. The second kappa shape index (κ2) is 6.69. The quantitative estimate of drug-likeness (QED) is 0.749. The molecule has 3 unspecified atom stereocenters. The van der Waals surface area contributed by atoms with Crippen molar-refractivity contribution in [2.24, 2.45) is 0 Å². The van der Waals surface area contributed by atoms with Crippen molar-refractivity contribution in [2.75, 3.05) is 39.5 Å². The average Bonchev–Trinajstić information content (AvgIpc) is 2.81. The zero-order valence-electron chi connectivity index (χ0n) is 11.2. The summed E-state index contributed by atoms with van der Waals surface area (Å²) in [5.74, 6) is 0. The standard InChI is InChI=1S/C13H26N2O2/c1-3-16-9-11(2)14-7-13-8-15-6-4-5-12(15)10-17-13/h11-14H,3-10H2,1-2H3. The molecule has 17 heavy (non-hydrogen) atoms. The van der Waals surface area contributed by atoms with E-state index in [0.29, 0.717) is 18.2 Å². The molecule has 4 heteroatoms.